The number of aryl methyl sites for hydroxylation is 1. The lowest BCUT2D eigenvalue weighted by Crippen LogP contribution is -2.40. The second-order valence-corrected chi connectivity index (χ2v) is 8.63. The molecule has 4 heterocycles. The highest BCUT2D eigenvalue weighted by Gasteiger charge is 2.33. The number of aromatic nitrogens is 3. The van der Waals surface area contributed by atoms with Crippen molar-refractivity contribution in [2.75, 3.05) is 37.7 Å². The van der Waals surface area contributed by atoms with E-state index in [1.54, 1.807) is 12.3 Å². The number of benzene rings is 1. The molecule has 2 aliphatic heterocycles. The number of carbonyl (C=O) groups excluding carboxylic acids is 1. The van der Waals surface area contributed by atoms with E-state index in [0.717, 1.165) is 43.8 Å². The maximum Gasteiger partial charge on any atom is 0.273 e. The lowest BCUT2D eigenvalue weighted by molar-refractivity contribution is 0.0563. The van der Waals surface area contributed by atoms with Crippen LogP contribution >= 0.6 is 0 Å². The van der Waals surface area contributed by atoms with Crippen LogP contribution in [0.25, 0.3) is 0 Å². The first-order chi connectivity index (χ1) is 16.2. The van der Waals surface area contributed by atoms with Crippen LogP contribution in [0.3, 0.4) is 0 Å². The minimum atomic E-state index is -0.183. The fraction of sp³-hybridized carbons (Fsp3) is 0.440. The van der Waals surface area contributed by atoms with Crippen LogP contribution in [0.15, 0.2) is 47.0 Å². The summed E-state index contributed by atoms with van der Waals surface area (Å²) < 4.78 is 11.6. The van der Waals surface area contributed by atoms with Crippen LogP contribution in [-0.2, 0) is 11.2 Å². The number of morpholine rings is 1. The standard InChI is InChI=1S/C25H29N5O3/c1-18-15-21(28-25(27-18)29-11-13-32-14-12-29)24(31)30-10-6-5-9-22(30)23-26-17-20(33-23)16-19-7-3-2-4-8-19/h2-4,7-8,15,17,22H,5-6,9-14,16H2,1H3. The van der Waals surface area contributed by atoms with Crippen LogP contribution in [0.1, 0.15) is 58.7 Å². The van der Waals surface area contributed by atoms with Gasteiger partial charge in [-0.15, -0.1) is 0 Å². The molecule has 33 heavy (non-hydrogen) atoms. The molecular weight excluding hydrogens is 418 g/mol. The number of oxazole rings is 1. The summed E-state index contributed by atoms with van der Waals surface area (Å²) in [6, 6.07) is 11.8. The third-order valence-electron chi connectivity index (χ3n) is 6.20. The van der Waals surface area contributed by atoms with Gasteiger partial charge in [0.05, 0.1) is 19.4 Å². The van der Waals surface area contributed by atoms with E-state index in [1.807, 2.05) is 30.0 Å². The quantitative estimate of drug-likeness (QED) is 0.591. The Bertz CT molecular complexity index is 1090. The van der Waals surface area contributed by atoms with Gasteiger partial charge in [0.15, 0.2) is 0 Å². The Morgan fingerprint density at radius 1 is 1.09 bits per heavy atom. The van der Waals surface area contributed by atoms with Crippen molar-refractivity contribution in [3.05, 3.63) is 71.2 Å². The number of hydrogen-bond donors (Lipinski definition) is 0. The van der Waals surface area contributed by atoms with Crippen molar-refractivity contribution in [2.45, 2.75) is 38.6 Å². The summed E-state index contributed by atoms with van der Waals surface area (Å²) in [4.78, 5) is 31.3. The third-order valence-corrected chi connectivity index (χ3v) is 6.20. The molecule has 2 saturated heterocycles. The van der Waals surface area contributed by atoms with E-state index in [9.17, 15) is 4.79 Å². The van der Waals surface area contributed by atoms with E-state index in [1.165, 1.54) is 5.56 Å². The number of rotatable bonds is 5. The molecule has 0 spiro atoms. The van der Waals surface area contributed by atoms with Crippen LogP contribution in [0.2, 0.25) is 0 Å². The molecule has 5 rings (SSSR count). The molecule has 3 aromatic rings. The van der Waals surface area contributed by atoms with E-state index < -0.39 is 0 Å². The number of carbonyl (C=O) groups is 1. The largest absolute Gasteiger partial charge is 0.443 e. The number of likely N-dealkylation sites (tertiary alicyclic amines) is 1. The lowest BCUT2D eigenvalue weighted by Gasteiger charge is -2.34. The summed E-state index contributed by atoms with van der Waals surface area (Å²) >= 11 is 0. The van der Waals surface area contributed by atoms with Crippen molar-refractivity contribution in [3.8, 4) is 0 Å². The van der Waals surface area contributed by atoms with Crippen LogP contribution < -0.4 is 4.90 Å². The van der Waals surface area contributed by atoms with Gasteiger partial charge in [0, 0.05) is 31.7 Å². The normalized spacial score (nSPS) is 19.0. The first kappa shape index (κ1) is 21.6. The second-order valence-electron chi connectivity index (χ2n) is 8.63. The number of nitrogens with zero attached hydrogens (tertiary/aromatic N) is 5. The molecule has 0 N–H and O–H groups in total. The summed E-state index contributed by atoms with van der Waals surface area (Å²) in [6.45, 7) is 5.30. The van der Waals surface area contributed by atoms with Gasteiger partial charge in [-0.3, -0.25) is 4.79 Å². The first-order valence-electron chi connectivity index (χ1n) is 11.7. The predicted octanol–water partition coefficient (Wildman–Crippen LogP) is 3.57. The summed E-state index contributed by atoms with van der Waals surface area (Å²) in [6.07, 6.45) is 5.29. The fourth-order valence-corrected chi connectivity index (χ4v) is 4.50. The molecule has 1 atom stereocenters. The lowest BCUT2D eigenvalue weighted by atomic mass is 10.0. The van der Waals surface area contributed by atoms with Crippen LogP contribution in [-0.4, -0.2) is 58.6 Å². The van der Waals surface area contributed by atoms with Gasteiger partial charge in [-0.1, -0.05) is 30.3 Å². The minimum absolute atomic E-state index is 0.0949. The van der Waals surface area contributed by atoms with Gasteiger partial charge in [-0.05, 0) is 37.8 Å². The van der Waals surface area contributed by atoms with E-state index in [-0.39, 0.29) is 11.9 Å². The molecule has 8 nitrogen and oxygen atoms in total. The first-order valence-corrected chi connectivity index (χ1v) is 11.7. The molecule has 0 bridgehead atoms. The van der Waals surface area contributed by atoms with Crippen molar-refractivity contribution in [3.63, 3.8) is 0 Å². The van der Waals surface area contributed by atoms with Gasteiger partial charge < -0.3 is 19.0 Å². The molecule has 8 heteroatoms. The zero-order chi connectivity index (χ0) is 22.6. The van der Waals surface area contributed by atoms with Gasteiger partial charge in [0.25, 0.3) is 5.91 Å². The maximum absolute atomic E-state index is 13.6. The Morgan fingerprint density at radius 3 is 2.73 bits per heavy atom. The van der Waals surface area contributed by atoms with Gasteiger partial charge in [0.1, 0.15) is 17.5 Å². The van der Waals surface area contributed by atoms with Crippen LogP contribution in [0.5, 0.6) is 0 Å². The summed E-state index contributed by atoms with van der Waals surface area (Å²) in [7, 11) is 0. The van der Waals surface area contributed by atoms with Crippen molar-refractivity contribution in [1.29, 1.82) is 0 Å². The molecule has 0 radical (unpaired) electrons. The average molecular weight is 448 g/mol. The second kappa shape index (κ2) is 9.70. The number of ether oxygens (including phenoxy) is 1. The smallest absolute Gasteiger partial charge is 0.273 e. The highest BCUT2D eigenvalue weighted by Crippen LogP contribution is 2.32. The molecule has 0 aliphatic carbocycles. The molecule has 2 fully saturated rings. The average Bonchev–Trinajstić information content (AvgIpc) is 3.32. The molecule has 2 aliphatic rings. The van der Waals surface area contributed by atoms with E-state index >= 15 is 0 Å². The summed E-state index contributed by atoms with van der Waals surface area (Å²) in [5.74, 6) is 1.91. The van der Waals surface area contributed by atoms with Crippen LogP contribution in [0, 0.1) is 6.92 Å². The highest BCUT2D eigenvalue weighted by molar-refractivity contribution is 5.93. The number of anilines is 1. The van der Waals surface area contributed by atoms with Crippen LogP contribution in [0.4, 0.5) is 5.95 Å². The fourth-order valence-electron chi connectivity index (χ4n) is 4.50. The molecule has 1 unspecified atom stereocenters. The van der Waals surface area contributed by atoms with E-state index in [0.29, 0.717) is 43.7 Å². The molecule has 1 amide bonds. The molecule has 0 saturated carbocycles. The monoisotopic (exact) mass is 447 g/mol. The van der Waals surface area contributed by atoms with Crippen molar-refractivity contribution >= 4 is 11.9 Å². The predicted molar refractivity (Wildman–Crippen MR) is 123 cm³/mol. The van der Waals surface area contributed by atoms with Gasteiger partial charge in [-0.2, -0.15) is 0 Å². The van der Waals surface area contributed by atoms with Crippen molar-refractivity contribution < 1.29 is 13.9 Å². The summed E-state index contributed by atoms with van der Waals surface area (Å²) in [5, 5.41) is 0. The van der Waals surface area contributed by atoms with Gasteiger partial charge >= 0.3 is 0 Å². The van der Waals surface area contributed by atoms with E-state index in [4.69, 9.17) is 9.15 Å². The number of hydrogen-bond acceptors (Lipinski definition) is 7. The molecule has 2 aromatic heterocycles. The topological polar surface area (TPSA) is 84.6 Å². The maximum atomic E-state index is 13.6. The molecule has 1 aromatic carbocycles. The Labute approximate surface area is 193 Å². The SMILES string of the molecule is Cc1cc(C(=O)N2CCCCC2c2ncc(Cc3ccccc3)o2)nc(N2CCOCC2)n1. The summed E-state index contributed by atoms with van der Waals surface area (Å²) in [5.41, 5.74) is 2.38. The molecular formula is C25H29N5O3. The van der Waals surface area contributed by atoms with Gasteiger partial charge in [0.2, 0.25) is 11.8 Å². The zero-order valence-electron chi connectivity index (χ0n) is 18.9. The van der Waals surface area contributed by atoms with Crippen molar-refractivity contribution in [1.82, 2.24) is 19.9 Å². The Morgan fingerprint density at radius 2 is 1.91 bits per heavy atom. The number of piperidine rings is 1. The molecule has 172 valence electrons. The zero-order valence-corrected chi connectivity index (χ0v) is 18.9. The van der Waals surface area contributed by atoms with Gasteiger partial charge in [-0.25, -0.2) is 15.0 Å². The minimum Gasteiger partial charge on any atom is -0.443 e. The third kappa shape index (κ3) is 4.90. The Kier molecular flexibility index (Phi) is 6.35. The Balaban J connectivity index is 1.37. The number of amides is 1. The Hall–Kier alpha value is -3.26. The highest BCUT2D eigenvalue weighted by atomic mass is 16.5. The van der Waals surface area contributed by atoms with E-state index in [2.05, 4.69) is 32.0 Å². The van der Waals surface area contributed by atoms with Crippen molar-refractivity contribution in [2.24, 2.45) is 0 Å².